The molecule has 0 saturated carbocycles. The quantitative estimate of drug-likeness (QED) is 0.394. The molecule has 0 fully saturated rings. The van der Waals surface area contributed by atoms with Crippen LogP contribution in [0.2, 0.25) is 0 Å². The molecule has 0 saturated heterocycles. The zero-order chi connectivity index (χ0) is 6.97. The third-order valence-corrected chi connectivity index (χ3v) is 1.34. The van der Waals surface area contributed by atoms with Crippen LogP contribution in [-0.2, 0) is 0 Å². The van der Waals surface area contributed by atoms with Crippen LogP contribution in [0, 0.1) is 0 Å². The van der Waals surface area contributed by atoms with Crippen molar-refractivity contribution in [3.05, 3.63) is 18.2 Å². The van der Waals surface area contributed by atoms with Gasteiger partial charge in [0.1, 0.15) is 0 Å². The van der Waals surface area contributed by atoms with Gasteiger partial charge in [-0.1, -0.05) is 6.07 Å². The molecule has 3 nitrogen and oxygen atoms in total. The van der Waals surface area contributed by atoms with Crippen LogP contribution in [-0.4, -0.2) is 6.79 Å². The van der Waals surface area contributed by atoms with Crippen LogP contribution in [0.1, 0.15) is 0 Å². The van der Waals surface area contributed by atoms with E-state index in [0.717, 1.165) is 0 Å². The Morgan fingerprint density at radius 1 is 1.18 bits per heavy atom. The van der Waals surface area contributed by atoms with Gasteiger partial charge in [-0.2, -0.15) is 0 Å². The molecule has 0 aromatic heterocycles. The second kappa shape index (κ2) is 3.34. The Bertz CT molecular complexity index is 262. The first kappa shape index (κ1) is 8.71. The van der Waals surface area contributed by atoms with Crippen molar-refractivity contribution in [3.63, 3.8) is 0 Å². The second-order valence-corrected chi connectivity index (χ2v) is 2.02. The van der Waals surface area contributed by atoms with E-state index < -0.39 is 0 Å². The average Bonchev–Trinajstić information content (AvgIpc) is 2.33. The summed E-state index contributed by atoms with van der Waals surface area (Å²) in [6.07, 6.45) is 0. The van der Waals surface area contributed by atoms with Crippen LogP contribution >= 0.6 is 0 Å². The molecule has 0 radical (unpaired) electrons. The molecule has 1 aromatic carbocycles. The summed E-state index contributed by atoms with van der Waals surface area (Å²) in [5.74, 6) is 1.15. The van der Waals surface area contributed by atoms with Gasteiger partial charge in [0.25, 0.3) is 0 Å². The van der Waals surface area contributed by atoms with E-state index in [2.05, 4.69) is 0 Å². The van der Waals surface area contributed by atoms with Crippen molar-refractivity contribution in [1.82, 2.24) is 0 Å². The van der Waals surface area contributed by atoms with Gasteiger partial charge >= 0.3 is 29.6 Å². The Balaban J connectivity index is 0.000000605. The normalized spacial score (nSPS) is 12.4. The van der Waals surface area contributed by atoms with E-state index in [9.17, 15) is 5.11 Å². The molecular formula is C7H5NaO3. The third kappa shape index (κ3) is 1.61. The number of benzene rings is 1. The van der Waals surface area contributed by atoms with E-state index in [1.807, 2.05) is 0 Å². The SMILES string of the molecule is [Na+].[O-]c1ccc2c(c1)OCO2. The van der Waals surface area contributed by atoms with Gasteiger partial charge in [0.05, 0.1) is 0 Å². The van der Waals surface area contributed by atoms with Crippen molar-refractivity contribution in [2.45, 2.75) is 0 Å². The molecule has 1 aliphatic rings. The predicted molar refractivity (Wildman–Crippen MR) is 32.0 cm³/mol. The maximum absolute atomic E-state index is 10.7. The van der Waals surface area contributed by atoms with Crippen molar-refractivity contribution in [3.8, 4) is 17.2 Å². The van der Waals surface area contributed by atoms with Crippen LogP contribution in [0.25, 0.3) is 0 Å². The Morgan fingerprint density at radius 2 is 1.91 bits per heavy atom. The van der Waals surface area contributed by atoms with Gasteiger partial charge in [0, 0.05) is 0 Å². The van der Waals surface area contributed by atoms with E-state index in [1.54, 1.807) is 6.07 Å². The molecule has 0 bridgehead atoms. The van der Waals surface area contributed by atoms with Crippen molar-refractivity contribution in [2.75, 3.05) is 6.79 Å². The minimum absolute atomic E-state index is 0. The number of fused-ring (bicyclic) bond motifs is 1. The molecule has 11 heavy (non-hydrogen) atoms. The largest absolute Gasteiger partial charge is 1.00 e. The molecule has 1 aromatic rings. The summed E-state index contributed by atoms with van der Waals surface area (Å²) in [4.78, 5) is 0. The predicted octanol–water partition coefficient (Wildman–Crippen LogP) is -2.51. The molecule has 1 heterocycles. The van der Waals surface area contributed by atoms with Crippen LogP contribution in [0.5, 0.6) is 17.2 Å². The summed E-state index contributed by atoms with van der Waals surface area (Å²) in [6.45, 7) is 0.221. The van der Waals surface area contributed by atoms with Crippen molar-refractivity contribution in [1.29, 1.82) is 0 Å². The van der Waals surface area contributed by atoms with Crippen molar-refractivity contribution < 1.29 is 44.1 Å². The fourth-order valence-corrected chi connectivity index (χ4v) is 0.877. The molecule has 0 atom stereocenters. The molecule has 52 valence electrons. The molecule has 0 unspecified atom stereocenters. The van der Waals surface area contributed by atoms with Crippen molar-refractivity contribution in [2.24, 2.45) is 0 Å². The summed E-state index contributed by atoms with van der Waals surface area (Å²) in [6, 6.07) is 4.49. The van der Waals surface area contributed by atoms with Crippen LogP contribution < -0.4 is 44.1 Å². The minimum atomic E-state index is -0.0516. The van der Waals surface area contributed by atoms with Gasteiger partial charge in [0.15, 0.2) is 11.5 Å². The third-order valence-electron chi connectivity index (χ3n) is 1.34. The summed E-state index contributed by atoms with van der Waals surface area (Å²) in [7, 11) is 0. The van der Waals surface area contributed by atoms with E-state index in [-0.39, 0.29) is 42.1 Å². The first-order valence-electron chi connectivity index (χ1n) is 2.93. The summed E-state index contributed by atoms with van der Waals surface area (Å²) in [5, 5.41) is 10.7. The van der Waals surface area contributed by atoms with Crippen LogP contribution in [0.4, 0.5) is 0 Å². The van der Waals surface area contributed by atoms with Crippen LogP contribution in [0.15, 0.2) is 18.2 Å². The summed E-state index contributed by atoms with van der Waals surface area (Å²) in [5.41, 5.74) is 0. The second-order valence-electron chi connectivity index (χ2n) is 2.02. The Hall–Kier alpha value is -0.380. The molecule has 0 N–H and O–H groups in total. The molecule has 2 rings (SSSR count). The van der Waals surface area contributed by atoms with Gasteiger partial charge in [-0.05, 0) is 12.1 Å². The van der Waals surface area contributed by atoms with E-state index in [1.165, 1.54) is 12.1 Å². The topological polar surface area (TPSA) is 41.5 Å². The number of ether oxygens (including phenoxy) is 2. The Kier molecular flexibility index (Phi) is 2.65. The zero-order valence-electron chi connectivity index (χ0n) is 6.16. The van der Waals surface area contributed by atoms with Gasteiger partial charge in [-0.15, -0.1) is 5.75 Å². The number of hydrogen-bond acceptors (Lipinski definition) is 3. The van der Waals surface area contributed by atoms with E-state index in [0.29, 0.717) is 11.5 Å². The summed E-state index contributed by atoms with van der Waals surface area (Å²) >= 11 is 0. The Labute approximate surface area is 86.2 Å². The first-order valence-corrected chi connectivity index (χ1v) is 2.93. The standard InChI is InChI=1S/C7H6O3.Na/c8-5-1-2-6-7(3-5)10-4-9-6;/h1-3,8H,4H2;/q;+1/p-1. The molecule has 0 amide bonds. The van der Waals surface area contributed by atoms with Gasteiger partial charge < -0.3 is 14.6 Å². The smallest absolute Gasteiger partial charge is 0.872 e. The fourth-order valence-electron chi connectivity index (χ4n) is 0.877. The zero-order valence-corrected chi connectivity index (χ0v) is 8.16. The Morgan fingerprint density at radius 3 is 2.73 bits per heavy atom. The monoisotopic (exact) mass is 160 g/mol. The molecule has 1 aliphatic heterocycles. The molecular weight excluding hydrogens is 155 g/mol. The van der Waals surface area contributed by atoms with E-state index in [4.69, 9.17) is 9.47 Å². The summed E-state index contributed by atoms with van der Waals surface area (Å²) < 4.78 is 9.95. The fraction of sp³-hybridized carbons (Fsp3) is 0.143. The molecule has 0 spiro atoms. The average molecular weight is 160 g/mol. The number of rotatable bonds is 0. The van der Waals surface area contributed by atoms with Crippen molar-refractivity contribution >= 4 is 0 Å². The van der Waals surface area contributed by atoms with Crippen LogP contribution in [0.3, 0.4) is 0 Å². The molecule has 4 heteroatoms. The van der Waals surface area contributed by atoms with E-state index >= 15 is 0 Å². The maximum Gasteiger partial charge on any atom is 1.00 e. The minimum Gasteiger partial charge on any atom is -0.872 e. The van der Waals surface area contributed by atoms with Gasteiger partial charge in [-0.25, -0.2) is 0 Å². The molecule has 0 aliphatic carbocycles. The maximum atomic E-state index is 10.7. The van der Waals surface area contributed by atoms with Gasteiger partial charge in [0.2, 0.25) is 6.79 Å². The first-order chi connectivity index (χ1) is 4.86. The number of hydrogen-bond donors (Lipinski definition) is 0. The van der Waals surface area contributed by atoms with Gasteiger partial charge in [-0.3, -0.25) is 0 Å².